The molecule has 2 nitrogen and oxygen atoms in total. The molecule has 3 aromatic rings. The van der Waals surface area contributed by atoms with E-state index >= 15 is 0 Å². The zero-order chi connectivity index (χ0) is 16.1. The number of ether oxygens (including phenoxy) is 1. The highest BCUT2D eigenvalue weighted by atomic mass is 32.2. The van der Waals surface area contributed by atoms with Gasteiger partial charge in [0.05, 0.1) is 0 Å². The van der Waals surface area contributed by atoms with Crippen molar-refractivity contribution in [2.75, 3.05) is 0 Å². The van der Waals surface area contributed by atoms with E-state index in [2.05, 4.69) is 24.3 Å². The summed E-state index contributed by atoms with van der Waals surface area (Å²) < 4.78 is 5.44. The predicted molar refractivity (Wildman–Crippen MR) is 92.8 cm³/mol. The van der Waals surface area contributed by atoms with E-state index in [1.807, 2.05) is 60.7 Å². The third-order valence-electron chi connectivity index (χ3n) is 3.28. The second-order valence-corrected chi connectivity index (χ2v) is 6.97. The number of hydrogen-bond acceptors (Lipinski definition) is 2. The summed E-state index contributed by atoms with van der Waals surface area (Å²) in [5.74, 6) is 0.318. The van der Waals surface area contributed by atoms with E-state index in [0.29, 0.717) is 5.75 Å². The van der Waals surface area contributed by atoms with Gasteiger partial charge in [-0.05, 0) is 36.4 Å². The number of benzene rings is 3. The molecule has 0 saturated heterocycles. The quantitative estimate of drug-likeness (QED) is 0.395. The highest BCUT2D eigenvalue weighted by Gasteiger charge is 2.32. The number of carbonyl (C=O) groups is 1. The molecule has 23 heavy (non-hydrogen) atoms. The Hall–Kier alpha value is -2.52. The highest BCUT2D eigenvalue weighted by Crippen LogP contribution is 2.36. The molecule has 0 amide bonds. The van der Waals surface area contributed by atoms with Crippen molar-refractivity contribution in [3.05, 3.63) is 84.9 Å². The van der Waals surface area contributed by atoms with Crippen LogP contribution in [0.15, 0.2) is 99.6 Å². The first-order valence-electron chi connectivity index (χ1n) is 7.37. The van der Waals surface area contributed by atoms with Crippen molar-refractivity contribution >= 4 is 16.9 Å². The summed E-state index contributed by atoms with van der Waals surface area (Å²) in [5.41, 5.74) is 0. The smallest absolute Gasteiger partial charge is 0.308 e. The van der Waals surface area contributed by atoms with E-state index in [4.69, 9.17) is 4.74 Å². The lowest BCUT2D eigenvalue weighted by Crippen LogP contribution is -2.09. The van der Waals surface area contributed by atoms with Crippen LogP contribution in [0.4, 0.5) is 0 Å². The Morgan fingerprint density at radius 2 is 1.22 bits per heavy atom. The molecule has 0 spiro atoms. The van der Waals surface area contributed by atoms with Gasteiger partial charge in [-0.3, -0.25) is 4.79 Å². The summed E-state index contributed by atoms with van der Waals surface area (Å²) in [7, 11) is -0.320. The fourth-order valence-electron chi connectivity index (χ4n) is 2.36. The molecule has 114 valence electrons. The van der Waals surface area contributed by atoms with Gasteiger partial charge in [-0.25, -0.2) is 0 Å². The van der Waals surface area contributed by atoms with Crippen LogP contribution in [-0.4, -0.2) is 5.97 Å². The van der Waals surface area contributed by atoms with Crippen molar-refractivity contribution in [2.24, 2.45) is 0 Å². The van der Waals surface area contributed by atoms with Crippen LogP contribution in [0.2, 0.25) is 0 Å². The van der Waals surface area contributed by atoms with Crippen LogP contribution in [0.25, 0.3) is 0 Å². The molecular formula is C20H17O2S+. The largest absolute Gasteiger partial charge is 0.421 e. The Morgan fingerprint density at radius 3 is 1.74 bits per heavy atom. The van der Waals surface area contributed by atoms with Gasteiger partial charge in [0.1, 0.15) is 10.9 Å². The van der Waals surface area contributed by atoms with Crippen molar-refractivity contribution in [1.29, 1.82) is 0 Å². The monoisotopic (exact) mass is 321 g/mol. The maximum absolute atomic E-state index is 11.4. The van der Waals surface area contributed by atoms with Gasteiger partial charge in [0, 0.05) is 6.92 Å². The molecule has 3 aromatic carbocycles. The number of rotatable bonds is 4. The second-order valence-electron chi connectivity index (χ2n) is 4.97. The Balaban J connectivity index is 2.15. The standard InChI is InChI=1S/C20H17O2S/c1-16(21)22-19-14-8-9-15-20(19)23(17-10-4-2-5-11-17)18-12-6-3-7-13-18/h2-15H,1H3/q+1. The molecule has 3 heteroatoms. The van der Waals surface area contributed by atoms with Crippen molar-refractivity contribution in [3.8, 4) is 5.75 Å². The molecule has 0 unspecified atom stereocenters. The lowest BCUT2D eigenvalue weighted by molar-refractivity contribution is -0.132. The van der Waals surface area contributed by atoms with Gasteiger partial charge in [0.25, 0.3) is 0 Å². The maximum Gasteiger partial charge on any atom is 0.308 e. The third-order valence-corrected chi connectivity index (χ3v) is 5.54. The van der Waals surface area contributed by atoms with Crippen molar-refractivity contribution < 1.29 is 9.53 Å². The van der Waals surface area contributed by atoms with Crippen LogP contribution in [0.1, 0.15) is 6.92 Å². The summed E-state index contributed by atoms with van der Waals surface area (Å²) in [6.45, 7) is 1.43. The van der Waals surface area contributed by atoms with Gasteiger partial charge < -0.3 is 4.74 Å². The fraction of sp³-hybridized carbons (Fsp3) is 0.0500. The molecule has 0 aromatic heterocycles. The van der Waals surface area contributed by atoms with Crippen molar-refractivity contribution in [3.63, 3.8) is 0 Å². The molecule has 0 fully saturated rings. The summed E-state index contributed by atoms with van der Waals surface area (Å²) in [4.78, 5) is 14.8. The van der Waals surface area contributed by atoms with Gasteiger partial charge in [-0.15, -0.1) is 0 Å². The molecule has 0 N–H and O–H groups in total. The molecular weight excluding hydrogens is 304 g/mol. The minimum absolute atomic E-state index is 0.304. The van der Waals surface area contributed by atoms with Gasteiger partial charge in [0.15, 0.2) is 15.5 Å². The minimum atomic E-state index is -0.320. The SMILES string of the molecule is CC(=O)Oc1ccccc1[S+](c1ccccc1)c1ccccc1. The zero-order valence-electron chi connectivity index (χ0n) is 12.8. The first-order chi connectivity index (χ1) is 11.3. The lowest BCUT2D eigenvalue weighted by Gasteiger charge is -2.11. The van der Waals surface area contributed by atoms with Crippen molar-refractivity contribution in [2.45, 2.75) is 21.6 Å². The first kappa shape index (κ1) is 15.4. The number of esters is 1. The van der Waals surface area contributed by atoms with E-state index in [1.54, 1.807) is 0 Å². The molecule has 0 aliphatic rings. The summed E-state index contributed by atoms with van der Waals surface area (Å²) >= 11 is 0. The van der Waals surface area contributed by atoms with Crippen LogP contribution in [0.3, 0.4) is 0 Å². The Bertz CT molecular complexity index is 746. The van der Waals surface area contributed by atoms with Crippen LogP contribution < -0.4 is 4.74 Å². The molecule has 0 radical (unpaired) electrons. The Labute approximate surface area is 139 Å². The highest BCUT2D eigenvalue weighted by molar-refractivity contribution is 7.97. The van der Waals surface area contributed by atoms with Crippen LogP contribution in [0, 0.1) is 0 Å². The van der Waals surface area contributed by atoms with Crippen molar-refractivity contribution in [1.82, 2.24) is 0 Å². The number of hydrogen-bond donors (Lipinski definition) is 0. The van der Waals surface area contributed by atoms with Crippen LogP contribution >= 0.6 is 0 Å². The van der Waals surface area contributed by atoms with Gasteiger partial charge in [-0.1, -0.05) is 48.5 Å². The maximum atomic E-state index is 11.4. The molecule has 0 atom stereocenters. The topological polar surface area (TPSA) is 26.3 Å². The van der Waals surface area contributed by atoms with E-state index < -0.39 is 0 Å². The average Bonchev–Trinajstić information content (AvgIpc) is 2.58. The molecule has 0 aliphatic carbocycles. The molecule has 0 aliphatic heterocycles. The number of carbonyl (C=O) groups excluding carboxylic acids is 1. The van der Waals surface area contributed by atoms with Gasteiger partial charge in [0.2, 0.25) is 4.90 Å². The van der Waals surface area contributed by atoms with Gasteiger partial charge in [-0.2, -0.15) is 0 Å². The predicted octanol–water partition coefficient (Wildman–Crippen LogP) is 4.71. The molecule has 0 saturated carbocycles. The Kier molecular flexibility index (Phi) is 4.79. The van der Waals surface area contributed by atoms with Gasteiger partial charge >= 0.3 is 5.97 Å². The summed E-state index contributed by atoms with van der Waals surface area (Å²) in [6.07, 6.45) is 0. The van der Waals surface area contributed by atoms with E-state index in [1.165, 1.54) is 16.7 Å². The average molecular weight is 321 g/mol. The Morgan fingerprint density at radius 1 is 0.739 bits per heavy atom. The third kappa shape index (κ3) is 3.63. The van der Waals surface area contributed by atoms with Crippen LogP contribution in [-0.2, 0) is 15.7 Å². The summed E-state index contributed by atoms with van der Waals surface area (Å²) in [5, 5.41) is 0. The van der Waals surface area contributed by atoms with E-state index in [-0.39, 0.29) is 16.9 Å². The number of para-hydroxylation sites is 1. The normalized spacial score (nSPS) is 10.5. The summed E-state index contributed by atoms with van der Waals surface area (Å²) in [6, 6.07) is 28.3. The van der Waals surface area contributed by atoms with Crippen LogP contribution in [0.5, 0.6) is 5.75 Å². The lowest BCUT2D eigenvalue weighted by atomic mass is 10.3. The second kappa shape index (κ2) is 7.16. The minimum Gasteiger partial charge on any atom is -0.421 e. The molecule has 3 rings (SSSR count). The van der Waals surface area contributed by atoms with E-state index in [9.17, 15) is 4.79 Å². The molecule has 0 bridgehead atoms. The van der Waals surface area contributed by atoms with E-state index in [0.717, 1.165) is 4.90 Å². The zero-order valence-corrected chi connectivity index (χ0v) is 13.6. The first-order valence-corrected chi connectivity index (χ1v) is 8.60. The molecule has 0 heterocycles. The fourth-order valence-corrected chi connectivity index (χ4v) is 4.53.